The highest BCUT2D eigenvalue weighted by molar-refractivity contribution is 5.40. The SMILES string of the molecule is CO.Cc1cc(N2CCCC2)nc(C)n1. The number of aliphatic hydroxyl groups is 1. The Labute approximate surface area is 91.0 Å². The van der Waals surface area contributed by atoms with E-state index in [2.05, 4.69) is 20.9 Å². The van der Waals surface area contributed by atoms with E-state index in [9.17, 15) is 0 Å². The first-order valence-corrected chi connectivity index (χ1v) is 5.28. The van der Waals surface area contributed by atoms with Gasteiger partial charge in [-0.15, -0.1) is 0 Å². The van der Waals surface area contributed by atoms with E-state index in [1.165, 1.54) is 12.8 Å². The summed E-state index contributed by atoms with van der Waals surface area (Å²) in [4.78, 5) is 11.0. The molecule has 0 saturated carbocycles. The average molecular weight is 209 g/mol. The van der Waals surface area contributed by atoms with Gasteiger partial charge < -0.3 is 10.0 Å². The van der Waals surface area contributed by atoms with Crippen LogP contribution in [0.2, 0.25) is 0 Å². The molecule has 0 radical (unpaired) electrons. The number of aliphatic hydroxyl groups excluding tert-OH is 1. The average Bonchev–Trinajstić information content (AvgIpc) is 2.72. The second kappa shape index (κ2) is 5.66. The van der Waals surface area contributed by atoms with E-state index in [0.717, 1.165) is 37.5 Å². The van der Waals surface area contributed by atoms with Crippen LogP contribution in [0.1, 0.15) is 24.4 Å². The third-order valence-electron chi connectivity index (χ3n) is 2.38. The smallest absolute Gasteiger partial charge is 0.132 e. The molecule has 0 aromatic carbocycles. The predicted molar refractivity (Wildman–Crippen MR) is 61.1 cm³/mol. The van der Waals surface area contributed by atoms with Crippen LogP contribution in [0.15, 0.2) is 6.07 Å². The monoisotopic (exact) mass is 209 g/mol. The van der Waals surface area contributed by atoms with Crippen LogP contribution >= 0.6 is 0 Å². The van der Waals surface area contributed by atoms with Crippen molar-refractivity contribution >= 4 is 5.82 Å². The zero-order valence-electron chi connectivity index (χ0n) is 9.69. The van der Waals surface area contributed by atoms with Gasteiger partial charge in [-0.25, -0.2) is 9.97 Å². The number of nitrogens with zero attached hydrogens (tertiary/aromatic N) is 3. The molecule has 0 spiro atoms. The molecular formula is C11H19N3O. The quantitative estimate of drug-likeness (QED) is 0.757. The lowest BCUT2D eigenvalue weighted by Gasteiger charge is -2.16. The summed E-state index contributed by atoms with van der Waals surface area (Å²) < 4.78 is 0. The van der Waals surface area contributed by atoms with E-state index in [1.807, 2.05) is 13.8 Å². The molecule has 0 aliphatic carbocycles. The second-order valence-corrected chi connectivity index (χ2v) is 3.61. The van der Waals surface area contributed by atoms with E-state index < -0.39 is 0 Å². The highest BCUT2D eigenvalue weighted by atomic mass is 16.2. The van der Waals surface area contributed by atoms with Crippen molar-refractivity contribution < 1.29 is 5.11 Å². The van der Waals surface area contributed by atoms with Crippen LogP contribution in [0, 0.1) is 13.8 Å². The summed E-state index contributed by atoms with van der Waals surface area (Å²) in [5.74, 6) is 1.98. The van der Waals surface area contributed by atoms with Crippen molar-refractivity contribution in [1.82, 2.24) is 9.97 Å². The summed E-state index contributed by atoms with van der Waals surface area (Å²) in [6, 6.07) is 2.07. The van der Waals surface area contributed by atoms with Crippen LogP contribution < -0.4 is 4.90 Å². The van der Waals surface area contributed by atoms with Crippen LogP contribution in [-0.2, 0) is 0 Å². The van der Waals surface area contributed by atoms with Crippen molar-refractivity contribution in [2.24, 2.45) is 0 Å². The molecule has 2 heterocycles. The summed E-state index contributed by atoms with van der Waals surface area (Å²) >= 11 is 0. The molecule has 1 fully saturated rings. The number of anilines is 1. The minimum atomic E-state index is 0.877. The number of hydrogen-bond donors (Lipinski definition) is 1. The molecule has 84 valence electrons. The zero-order chi connectivity index (χ0) is 11.3. The Kier molecular flexibility index (Phi) is 4.49. The van der Waals surface area contributed by atoms with Gasteiger partial charge in [-0.1, -0.05) is 0 Å². The molecule has 4 nitrogen and oxygen atoms in total. The molecule has 1 aromatic rings. The molecule has 0 bridgehead atoms. The van der Waals surface area contributed by atoms with E-state index in [0.29, 0.717) is 0 Å². The Hall–Kier alpha value is -1.16. The molecule has 0 unspecified atom stereocenters. The third-order valence-corrected chi connectivity index (χ3v) is 2.38. The summed E-state index contributed by atoms with van der Waals surface area (Å²) in [7, 11) is 1.00. The van der Waals surface area contributed by atoms with Crippen LogP contribution in [0.3, 0.4) is 0 Å². The van der Waals surface area contributed by atoms with Crippen molar-refractivity contribution in [2.75, 3.05) is 25.1 Å². The maximum atomic E-state index is 7.00. The van der Waals surface area contributed by atoms with Crippen molar-refractivity contribution in [3.63, 3.8) is 0 Å². The Morgan fingerprint density at radius 1 is 1.13 bits per heavy atom. The van der Waals surface area contributed by atoms with Gasteiger partial charge in [-0.3, -0.25) is 0 Å². The molecule has 15 heavy (non-hydrogen) atoms. The highest BCUT2D eigenvalue weighted by Crippen LogP contribution is 2.17. The summed E-state index contributed by atoms with van der Waals surface area (Å²) in [5, 5.41) is 7.00. The van der Waals surface area contributed by atoms with Gasteiger partial charge in [0.05, 0.1) is 0 Å². The molecule has 0 atom stereocenters. The number of aryl methyl sites for hydroxylation is 2. The van der Waals surface area contributed by atoms with E-state index >= 15 is 0 Å². The fourth-order valence-electron chi connectivity index (χ4n) is 1.81. The fourth-order valence-corrected chi connectivity index (χ4v) is 1.81. The summed E-state index contributed by atoms with van der Waals surface area (Å²) in [6.45, 7) is 6.27. The van der Waals surface area contributed by atoms with Crippen molar-refractivity contribution in [1.29, 1.82) is 0 Å². The van der Waals surface area contributed by atoms with Gasteiger partial charge >= 0.3 is 0 Å². The fraction of sp³-hybridized carbons (Fsp3) is 0.636. The Morgan fingerprint density at radius 2 is 1.73 bits per heavy atom. The standard InChI is InChI=1S/C10H15N3.CH4O/c1-8-7-10(12-9(2)11-8)13-5-3-4-6-13;1-2/h7H,3-6H2,1-2H3;2H,1H3. The number of aromatic nitrogens is 2. The van der Waals surface area contributed by atoms with Crippen molar-refractivity contribution in [2.45, 2.75) is 26.7 Å². The molecule has 1 aromatic heterocycles. The lowest BCUT2D eigenvalue weighted by atomic mass is 10.4. The van der Waals surface area contributed by atoms with Gasteiger partial charge in [0, 0.05) is 32.0 Å². The number of rotatable bonds is 1. The molecule has 1 aliphatic rings. The minimum absolute atomic E-state index is 0.877. The topological polar surface area (TPSA) is 49.2 Å². The van der Waals surface area contributed by atoms with Gasteiger partial charge in [-0.05, 0) is 26.7 Å². The van der Waals surface area contributed by atoms with Crippen LogP contribution in [0.25, 0.3) is 0 Å². The molecule has 2 rings (SSSR count). The van der Waals surface area contributed by atoms with Crippen molar-refractivity contribution in [3.8, 4) is 0 Å². The Morgan fingerprint density at radius 3 is 2.27 bits per heavy atom. The van der Waals surface area contributed by atoms with Crippen LogP contribution in [-0.4, -0.2) is 35.3 Å². The molecule has 1 N–H and O–H groups in total. The summed E-state index contributed by atoms with van der Waals surface area (Å²) in [6.07, 6.45) is 2.59. The largest absolute Gasteiger partial charge is 0.400 e. The highest BCUT2D eigenvalue weighted by Gasteiger charge is 2.13. The van der Waals surface area contributed by atoms with Gasteiger partial charge in [0.2, 0.25) is 0 Å². The Bertz CT molecular complexity index is 288. The predicted octanol–water partition coefficient (Wildman–Crippen LogP) is 1.30. The van der Waals surface area contributed by atoms with Crippen LogP contribution in [0.5, 0.6) is 0 Å². The third kappa shape index (κ3) is 3.16. The molecule has 4 heteroatoms. The normalized spacial score (nSPS) is 14.8. The number of hydrogen-bond acceptors (Lipinski definition) is 4. The summed E-state index contributed by atoms with van der Waals surface area (Å²) in [5.41, 5.74) is 1.06. The van der Waals surface area contributed by atoms with E-state index in [1.54, 1.807) is 0 Å². The zero-order valence-corrected chi connectivity index (χ0v) is 9.69. The lowest BCUT2D eigenvalue weighted by molar-refractivity contribution is 0.399. The first-order valence-electron chi connectivity index (χ1n) is 5.28. The lowest BCUT2D eigenvalue weighted by Crippen LogP contribution is -2.19. The van der Waals surface area contributed by atoms with Gasteiger partial charge in [0.1, 0.15) is 11.6 Å². The maximum Gasteiger partial charge on any atom is 0.132 e. The van der Waals surface area contributed by atoms with Gasteiger partial charge in [0.25, 0.3) is 0 Å². The molecule has 1 aliphatic heterocycles. The maximum absolute atomic E-state index is 7.00. The molecule has 0 amide bonds. The first kappa shape index (κ1) is 11.9. The first-order chi connectivity index (χ1) is 7.25. The van der Waals surface area contributed by atoms with Crippen molar-refractivity contribution in [3.05, 3.63) is 17.6 Å². The minimum Gasteiger partial charge on any atom is -0.400 e. The molecule has 1 saturated heterocycles. The van der Waals surface area contributed by atoms with Crippen LogP contribution in [0.4, 0.5) is 5.82 Å². The Balaban J connectivity index is 0.000000531. The van der Waals surface area contributed by atoms with E-state index in [4.69, 9.17) is 5.11 Å². The molecular weight excluding hydrogens is 190 g/mol. The second-order valence-electron chi connectivity index (χ2n) is 3.61. The van der Waals surface area contributed by atoms with E-state index in [-0.39, 0.29) is 0 Å². The van der Waals surface area contributed by atoms with Gasteiger partial charge in [0.15, 0.2) is 0 Å². The van der Waals surface area contributed by atoms with Gasteiger partial charge in [-0.2, -0.15) is 0 Å².